The number of rotatable bonds is 8. The molecule has 5 nitrogen and oxygen atoms in total. The number of para-hydroxylation sites is 3. The van der Waals surface area contributed by atoms with E-state index in [1.54, 1.807) is 6.07 Å². The molecule has 0 aliphatic carbocycles. The van der Waals surface area contributed by atoms with Gasteiger partial charge in [0.2, 0.25) is 5.91 Å². The van der Waals surface area contributed by atoms with Crippen LogP contribution in [0.1, 0.15) is 12.2 Å². The van der Waals surface area contributed by atoms with Crippen LogP contribution in [0.15, 0.2) is 61.2 Å². The number of halogens is 1. The van der Waals surface area contributed by atoms with Crippen molar-refractivity contribution in [3.8, 4) is 5.75 Å². The molecule has 134 valence electrons. The lowest BCUT2D eigenvalue weighted by Gasteiger charge is -2.11. The highest BCUT2D eigenvalue weighted by Crippen LogP contribution is 2.23. The zero-order chi connectivity index (χ0) is 18.4. The maximum absolute atomic E-state index is 11.5. The standard InChI is InChI=1S/C20H20ClN3O2/c1-2-20(25)22-14-19-23-16-9-4-5-10-17(16)24(19)12-7-13-26-18-11-6-3-8-15(18)21/h2-6,8-11H,1,7,12-14H2,(H,22,25). The fourth-order valence-electron chi connectivity index (χ4n) is 2.71. The molecule has 0 saturated carbocycles. The summed E-state index contributed by atoms with van der Waals surface area (Å²) in [5.74, 6) is 1.27. The largest absolute Gasteiger partial charge is 0.492 e. The smallest absolute Gasteiger partial charge is 0.243 e. The predicted molar refractivity (Wildman–Crippen MR) is 103 cm³/mol. The molecule has 1 amide bonds. The minimum absolute atomic E-state index is 0.217. The molecule has 0 aliphatic heterocycles. The molecule has 0 atom stereocenters. The number of hydrogen-bond acceptors (Lipinski definition) is 3. The van der Waals surface area contributed by atoms with Gasteiger partial charge in [-0.05, 0) is 36.8 Å². The van der Waals surface area contributed by atoms with Gasteiger partial charge in [0.15, 0.2) is 0 Å². The maximum Gasteiger partial charge on any atom is 0.243 e. The average molecular weight is 370 g/mol. The number of carbonyl (C=O) groups is 1. The molecule has 1 aromatic heterocycles. The average Bonchev–Trinajstić information content (AvgIpc) is 3.02. The first kappa shape index (κ1) is 18.0. The summed E-state index contributed by atoms with van der Waals surface area (Å²) < 4.78 is 7.86. The fraction of sp³-hybridized carbons (Fsp3) is 0.200. The molecule has 0 spiro atoms. The number of aryl methyl sites for hydroxylation is 1. The van der Waals surface area contributed by atoms with Crippen molar-refractivity contribution in [2.75, 3.05) is 6.61 Å². The van der Waals surface area contributed by atoms with Gasteiger partial charge in [-0.3, -0.25) is 4.79 Å². The van der Waals surface area contributed by atoms with E-state index in [1.165, 1.54) is 6.08 Å². The van der Waals surface area contributed by atoms with E-state index in [4.69, 9.17) is 16.3 Å². The van der Waals surface area contributed by atoms with Crippen molar-refractivity contribution in [2.24, 2.45) is 0 Å². The molecule has 0 radical (unpaired) electrons. The highest BCUT2D eigenvalue weighted by Gasteiger charge is 2.11. The number of ether oxygens (including phenoxy) is 1. The minimum atomic E-state index is -0.217. The zero-order valence-electron chi connectivity index (χ0n) is 14.3. The van der Waals surface area contributed by atoms with E-state index in [-0.39, 0.29) is 5.91 Å². The summed E-state index contributed by atoms with van der Waals surface area (Å²) in [7, 11) is 0. The first-order valence-electron chi connectivity index (χ1n) is 8.41. The molecule has 6 heteroatoms. The summed E-state index contributed by atoms with van der Waals surface area (Å²) >= 11 is 6.10. The van der Waals surface area contributed by atoms with Crippen molar-refractivity contribution < 1.29 is 9.53 Å². The second kappa shape index (κ2) is 8.54. The number of nitrogens with one attached hydrogen (secondary N) is 1. The number of carbonyl (C=O) groups excluding carboxylic acids is 1. The molecule has 3 aromatic rings. The second-order valence-corrected chi connectivity index (χ2v) is 6.13. The van der Waals surface area contributed by atoms with Gasteiger partial charge >= 0.3 is 0 Å². The number of benzene rings is 2. The van der Waals surface area contributed by atoms with Crippen LogP contribution in [0.3, 0.4) is 0 Å². The number of amides is 1. The van der Waals surface area contributed by atoms with Gasteiger partial charge in [-0.2, -0.15) is 0 Å². The Hall–Kier alpha value is -2.79. The van der Waals surface area contributed by atoms with Crippen molar-refractivity contribution in [1.29, 1.82) is 0 Å². The van der Waals surface area contributed by atoms with E-state index in [0.29, 0.717) is 23.9 Å². The summed E-state index contributed by atoms with van der Waals surface area (Å²) in [5, 5.41) is 3.39. The monoisotopic (exact) mass is 369 g/mol. The van der Waals surface area contributed by atoms with Gasteiger partial charge in [-0.1, -0.05) is 42.4 Å². The van der Waals surface area contributed by atoms with Crippen LogP contribution in [0.2, 0.25) is 5.02 Å². The number of aromatic nitrogens is 2. The Bertz CT molecular complexity index is 920. The summed E-state index contributed by atoms with van der Waals surface area (Å²) in [6.45, 7) is 5.08. The number of fused-ring (bicyclic) bond motifs is 1. The lowest BCUT2D eigenvalue weighted by molar-refractivity contribution is -0.116. The van der Waals surface area contributed by atoms with Crippen molar-refractivity contribution in [3.05, 3.63) is 72.0 Å². The summed E-state index contributed by atoms with van der Waals surface area (Å²) in [6.07, 6.45) is 2.04. The molecule has 0 unspecified atom stereocenters. The highest BCUT2D eigenvalue weighted by molar-refractivity contribution is 6.32. The van der Waals surface area contributed by atoms with Crippen LogP contribution in [0.4, 0.5) is 0 Å². The molecule has 0 aliphatic rings. The van der Waals surface area contributed by atoms with E-state index in [2.05, 4.69) is 21.4 Å². The molecule has 0 bridgehead atoms. The molecule has 2 aromatic carbocycles. The van der Waals surface area contributed by atoms with Gasteiger partial charge in [0.25, 0.3) is 0 Å². The van der Waals surface area contributed by atoms with Gasteiger partial charge in [0.1, 0.15) is 11.6 Å². The lowest BCUT2D eigenvalue weighted by atomic mass is 10.3. The normalized spacial score (nSPS) is 10.7. The van der Waals surface area contributed by atoms with E-state index in [9.17, 15) is 4.79 Å². The van der Waals surface area contributed by atoms with E-state index < -0.39 is 0 Å². The first-order valence-corrected chi connectivity index (χ1v) is 8.78. The van der Waals surface area contributed by atoms with Gasteiger partial charge < -0.3 is 14.6 Å². The van der Waals surface area contributed by atoms with Crippen molar-refractivity contribution in [1.82, 2.24) is 14.9 Å². The van der Waals surface area contributed by atoms with Gasteiger partial charge in [-0.25, -0.2) is 4.98 Å². The third-order valence-electron chi connectivity index (χ3n) is 3.96. The fourth-order valence-corrected chi connectivity index (χ4v) is 2.91. The van der Waals surface area contributed by atoms with E-state index in [1.807, 2.05) is 42.5 Å². The quantitative estimate of drug-likeness (QED) is 0.483. The van der Waals surface area contributed by atoms with Crippen LogP contribution in [0.25, 0.3) is 11.0 Å². The summed E-state index contributed by atoms with van der Waals surface area (Å²) in [5.41, 5.74) is 1.94. The number of nitrogens with zero attached hydrogens (tertiary/aromatic N) is 2. The van der Waals surface area contributed by atoms with Gasteiger partial charge in [0.05, 0.1) is 29.2 Å². The Morgan fingerprint density at radius 1 is 1.23 bits per heavy atom. The maximum atomic E-state index is 11.5. The van der Waals surface area contributed by atoms with Crippen LogP contribution in [-0.2, 0) is 17.9 Å². The zero-order valence-corrected chi connectivity index (χ0v) is 15.1. The van der Waals surface area contributed by atoms with E-state index in [0.717, 1.165) is 29.8 Å². The molecule has 1 N–H and O–H groups in total. The molecule has 26 heavy (non-hydrogen) atoms. The van der Waals surface area contributed by atoms with Crippen LogP contribution in [0, 0.1) is 0 Å². The first-order chi connectivity index (χ1) is 12.7. The third kappa shape index (κ3) is 4.24. The van der Waals surface area contributed by atoms with Crippen molar-refractivity contribution in [2.45, 2.75) is 19.5 Å². The lowest BCUT2D eigenvalue weighted by Crippen LogP contribution is -2.22. The molecule has 0 saturated heterocycles. The second-order valence-electron chi connectivity index (χ2n) is 5.72. The molecular formula is C20H20ClN3O2. The molecular weight excluding hydrogens is 350 g/mol. The van der Waals surface area contributed by atoms with Gasteiger partial charge in [-0.15, -0.1) is 0 Å². The topological polar surface area (TPSA) is 56.2 Å². The molecule has 1 heterocycles. The van der Waals surface area contributed by atoms with Crippen LogP contribution < -0.4 is 10.1 Å². The Labute approximate surface area is 157 Å². The molecule has 0 fully saturated rings. The minimum Gasteiger partial charge on any atom is -0.492 e. The van der Waals surface area contributed by atoms with Crippen LogP contribution in [-0.4, -0.2) is 22.1 Å². The van der Waals surface area contributed by atoms with Crippen LogP contribution >= 0.6 is 11.6 Å². The van der Waals surface area contributed by atoms with Crippen LogP contribution in [0.5, 0.6) is 5.75 Å². The number of imidazole rings is 1. The number of hydrogen-bond donors (Lipinski definition) is 1. The SMILES string of the molecule is C=CC(=O)NCc1nc2ccccc2n1CCCOc1ccccc1Cl. The van der Waals surface area contributed by atoms with E-state index >= 15 is 0 Å². The third-order valence-corrected chi connectivity index (χ3v) is 4.27. The Kier molecular flexibility index (Phi) is 5.92. The molecule has 3 rings (SSSR count). The summed E-state index contributed by atoms with van der Waals surface area (Å²) in [4.78, 5) is 16.1. The Balaban J connectivity index is 1.68. The van der Waals surface area contributed by atoms with Crippen molar-refractivity contribution >= 4 is 28.5 Å². The summed E-state index contributed by atoms with van der Waals surface area (Å²) in [6, 6.07) is 15.3. The van der Waals surface area contributed by atoms with Gasteiger partial charge in [0, 0.05) is 6.54 Å². The predicted octanol–water partition coefficient (Wildman–Crippen LogP) is 3.96. The van der Waals surface area contributed by atoms with Crippen molar-refractivity contribution in [3.63, 3.8) is 0 Å². The Morgan fingerprint density at radius 3 is 2.81 bits per heavy atom. The highest BCUT2D eigenvalue weighted by atomic mass is 35.5. The Morgan fingerprint density at radius 2 is 2.00 bits per heavy atom.